The Bertz CT molecular complexity index is 688. The Morgan fingerprint density at radius 1 is 1.16 bits per heavy atom. The average Bonchev–Trinajstić information content (AvgIpc) is 2.34. The van der Waals surface area contributed by atoms with Gasteiger partial charge in [0.1, 0.15) is 23.2 Å². The van der Waals surface area contributed by atoms with Gasteiger partial charge in [0.15, 0.2) is 0 Å². The van der Waals surface area contributed by atoms with Gasteiger partial charge in [-0.2, -0.15) is 10.2 Å². The standard InChI is InChI=1S/C11H7Br2N5O/c12-6-1-4(2-7(13)9(6)19)8-5(3-14)10(15)18-11(16)17-8/h1-2,19H,(H4,15,16,17,18). The molecule has 0 saturated heterocycles. The molecule has 6 nitrogen and oxygen atoms in total. The topological polar surface area (TPSA) is 122 Å². The first-order valence-corrected chi connectivity index (χ1v) is 6.54. The van der Waals surface area contributed by atoms with Crippen molar-refractivity contribution in [1.29, 1.82) is 5.26 Å². The third-order valence-corrected chi connectivity index (χ3v) is 3.57. The maximum Gasteiger partial charge on any atom is 0.222 e. The van der Waals surface area contributed by atoms with Crippen LogP contribution >= 0.6 is 31.9 Å². The molecule has 0 aliphatic carbocycles. The van der Waals surface area contributed by atoms with Gasteiger partial charge in [-0.25, -0.2) is 4.98 Å². The summed E-state index contributed by atoms with van der Waals surface area (Å²) in [5, 5.41) is 18.8. The van der Waals surface area contributed by atoms with Crippen molar-refractivity contribution in [2.45, 2.75) is 0 Å². The Kier molecular flexibility index (Phi) is 3.59. The lowest BCUT2D eigenvalue weighted by atomic mass is 10.1. The van der Waals surface area contributed by atoms with E-state index in [9.17, 15) is 5.11 Å². The molecule has 96 valence electrons. The van der Waals surface area contributed by atoms with E-state index in [0.29, 0.717) is 20.2 Å². The fraction of sp³-hybridized carbons (Fsp3) is 0. The second-order valence-electron chi connectivity index (χ2n) is 3.59. The summed E-state index contributed by atoms with van der Waals surface area (Å²) in [5.41, 5.74) is 12.2. The largest absolute Gasteiger partial charge is 0.506 e. The first kappa shape index (κ1) is 13.6. The van der Waals surface area contributed by atoms with E-state index in [0.717, 1.165) is 0 Å². The van der Waals surface area contributed by atoms with Gasteiger partial charge in [-0.05, 0) is 44.0 Å². The highest BCUT2D eigenvalue weighted by Crippen LogP contribution is 2.37. The van der Waals surface area contributed by atoms with E-state index in [2.05, 4.69) is 41.8 Å². The first-order valence-electron chi connectivity index (χ1n) is 4.95. The Labute approximate surface area is 125 Å². The van der Waals surface area contributed by atoms with E-state index in [1.165, 1.54) is 0 Å². The molecule has 0 bridgehead atoms. The highest BCUT2D eigenvalue weighted by Gasteiger charge is 2.15. The Balaban J connectivity index is 2.76. The van der Waals surface area contributed by atoms with Gasteiger partial charge in [0.05, 0.1) is 14.6 Å². The van der Waals surface area contributed by atoms with Crippen molar-refractivity contribution >= 4 is 43.6 Å². The number of aromatic hydroxyl groups is 1. The van der Waals surface area contributed by atoms with E-state index in [-0.39, 0.29) is 23.1 Å². The monoisotopic (exact) mass is 383 g/mol. The molecule has 5 N–H and O–H groups in total. The van der Waals surface area contributed by atoms with Crippen LogP contribution in [0.2, 0.25) is 0 Å². The lowest BCUT2D eigenvalue weighted by molar-refractivity contribution is 0.468. The van der Waals surface area contributed by atoms with E-state index in [1.54, 1.807) is 12.1 Å². The van der Waals surface area contributed by atoms with Crippen LogP contribution in [0.1, 0.15) is 5.56 Å². The quantitative estimate of drug-likeness (QED) is 0.693. The third kappa shape index (κ3) is 2.47. The number of rotatable bonds is 1. The molecule has 0 spiro atoms. The van der Waals surface area contributed by atoms with Crippen LogP contribution < -0.4 is 11.5 Å². The summed E-state index contributed by atoms with van der Waals surface area (Å²) in [6, 6.07) is 5.17. The smallest absolute Gasteiger partial charge is 0.222 e. The number of halogens is 2. The minimum atomic E-state index is -0.0215. The van der Waals surface area contributed by atoms with Crippen LogP contribution in [0.3, 0.4) is 0 Å². The Hall–Kier alpha value is -1.85. The Morgan fingerprint density at radius 2 is 1.74 bits per heavy atom. The normalized spacial score (nSPS) is 10.2. The van der Waals surface area contributed by atoms with Crippen molar-refractivity contribution in [3.8, 4) is 23.1 Å². The fourth-order valence-electron chi connectivity index (χ4n) is 1.52. The maximum atomic E-state index is 9.67. The van der Waals surface area contributed by atoms with Crippen molar-refractivity contribution in [1.82, 2.24) is 9.97 Å². The minimum Gasteiger partial charge on any atom is -0.506 e. The van der Waals surface area contributed by atoms with Crippen LogP contribution in [0.4, 0.5) is 11.8 Å². The molecular weight excluding hydrogens is 378 g/mol. The van der Waals surface area contributed by atoms with Crippen molar-refractivity contribution in [2.24, 2.45) is 0 Å². The number of benzene rings is 1. The van der Waals surface area contributed by atoms with Crippen LogP contribution in [0.15, 0.2) is 21.1 Å². The fourth-order valence-corrected chi connectivity index (χ4v) is 2.70. The zero-order valence-electron chi connectivity index (χ0n) is 9.35. The van der Waals surface area contributed by atoms with Gasteiger partial charge < -0.3 is 16.6 Å². The van der Waals surface area contributed by atoms with Gasteiger partial charge >= 0.3 is 0 Å². The first-order chi connectivity index (χ1) is 8.93. The molecule has 2 rings (SSSR count). The number of nitrogens with zero attached hydrogens (tertiary/aromatic N) is 3. The van der Waals surface area contributed by atoms with Crippen molar-refractivity contribution < 1.29 is 5.11 Å². The van der Waals surface area contributed by atoms with Crippen LogP contribution in [0, 0.1) is 11.3 Å². The van der Waals surface area contributed by atoms with Gasteiger partial charge in [-0.3, -0.25) is 0 Å². The number of nitriles is 1. The second-order valence-corrected chi connectivity index (χ2v) is 5.30. The molecule has 1 aromatic carbocycles. The third-order valence-electron chi connectivity index (χ3n) is 2.36. The van der Waals surface area contributed by atoms with Crippen molar-refractivity contribution in [3.05, 3.63) is 26.6 Å². The number of hydrogen-bond acceptors (Lipinski definition) is 6. The molecule has 0 aliphatic heterocycles. The highest BCUT2D eigenvalue weighted by atomic mass is 79.9. The number of nitrogen functional groups attached to an aromatic ring is 2. The average molecular weight is 385 g/mol. The minimum absolute atomic E-state index is 0.0188. The van der Waals surface area contributed by atoms with Crippen LogP contribution in [0.25, 0.3) is 11.3 Å². The molecule has 0 aliphatic rings. The Morgan fingerprint density at radius 3 is 2.26 bits per heavy atom. The number of anilines is 2. The second kappa shape index (κ2) is 5.03. The molecule has 0 fully saturated rings. The summed E-state index contributed by atoms with van der Waals surface area (Å²) in [4.78, 5) is 7.77. The van der Waals surface area contributed by atoms with Crippen LogP contribution in [-0.2, 0) is 0 Å². The molecule has 0 atom stereocenters. The summed E-state index contributed by atoms with van der Waals surface area (Å²) >= 11 is 6.42. The van der Waals surface area contributed by atoms with Gasteiger partial charge in [0, 0.05) is 5.56 Å². The zero-order chi connectivity index (χ0) is 14.2. The highest BCUT2D eigenvalue weighted by molar-refractivity contribution is 9.11. The molecule has 0 unspecified atom stereocenters. The molecule has 0 radical (unpaired) electrons. The maximum absolute atomic E-state index is 9.67. The van der Waals surface area contributed by atoms with E-state index in [1.807, 2.05) is 6.07 Å². The molecular formula is C11H7Br2N5O. The number of hydrogen-bond donors (Lipinski definition) is 3. The number of phenolic OH excluding ortho intramolecular Hbond substituents is 1. The van der Waals surface area contributed by atoms with E-state index < -0.39 is 0 Å². The van der Waals surface area contributed by atoms with Gasteiger partial charge in [-0.1, -0.05) is 0 Å². The summed E-state index contributed by atoms with van der Waals surface area (Å²) < 4.78 is 0.910. The summed E-state index contributed by atoms with van der Waals surface area (Å²) in [6.07, 6.45) is 0. The number of aromatic nitrogens is 2. The molecule has 1 aromatic heterocycles. The zero-order valence-corrected chi connectivity index (χ0v) is 12.5. The van der Waals surface area contributed by atoms with E-state index in [4.69, 9.17) is 16.7 Å². The number of nitrogens with two attached hydrogens (primary N) is 2. The molecule has 8 heteroatoms. The van der Waals surface area contributed by atoms with Crippen molar-refractivity contribution in [3.63, 3.8) is 0 Å². The molecule has 19 heavy (non-hydrogen) atoms. The summed E-state index contributed by atoms with van der Waals surface area (Å²) in [7, 11) is 0. The lowest BCUT2D eigenvalue weighted by Crippen LogP contribution is -2.05. The van der Waals surface area contributed by atoms with E-state index >= 15 is 0 Å². The lowest BCUT2D eigenvalue weighted by Gasteiger charge is -2.09. The SMILES string of the molecule is N#Cc1c(N)nc(N)nc1-c1cc(Br)c(O)c(Br)c1. The predicted molar refractivity (Wildman–Crippen MR) is 78.1 cm³/mol. The van der Waals surface area contributed by atoms with Gasteiger partial charge in [0.2, 0.25) is 5.95 Å². The number of phenols is 1. The predicted octanol–water partition coefficient (Wildman–Crippen LogP) is 2.41. The summed E-state index contributed by atoms with van der Waals surface area (Å²) in [5.74, 6) is 0.0504. The molecule has 1 heterocycles. The molecule has 0 saturated carbocycles. The van der Waals surface area contributed by atoms with Gasteiger partial charge in [0.25, 0.3) is 0 Å². The van der Waals surface area contributed by atoms with Crippen LogP contribution in [-0.4, -0.2) is 15.1 Å². The van der Waals surface area contributed by atoms with Gasteiger partial charge in [-0.15, -0.1) is 0 Å². The molecule has 0 amide bonds. The van der Waals surface area contributed by atoms with Crippen molar-refractivity contribution in [2.75, 3.05) is 11.5 Å². The molecule has 2 aromatic rings. The van der Waals surface area contributed by atoms with Crippen LogP contribution in [0.5, 0.6) is 5.75 Å². The summed E-state index contributed by atoms with van der Waals surface area (Å²) in [6.45, 7) is 0.